The quantitative estimate of drug-likeness (QED) is 0.684. The van der Waals surface area contributed by atoms with E-state index in [0.29, 0.717) is 30.6 Å². The Morgan fingerprint density at radius 2 is 2.10 bits per heavy atom. The van der Waals surface area contributed by atoms with Gasteiger partial charge in [-0.1, -0.05) is 6.07 Å². The van der Waals surface area contributed by atoms with E-state index in [-0.39, 0.29) is 12.1 Å². The predicted octanol–water partition coefficient (Wildman–Crippen LogP) is 3.61. The van der Waals surface area contributed by atoms with Crippen molar-refractivity contribution in [1.82, 2.24) is 24.5 Å². The summed E-state index contributed by atoms with van der Waals surface area (Å²) in [5.74, 6) is 1.64. The molecule has 3 aromatic rings. The zero-order valence-corrected chi connectivity index (χ0v) is 18.3. The van der Waals surface area contributed by atoms with Crippen molar-refractivity contribution in [3.05, 3.63) is 36.7 Å². The van der Waals surface area contributed by atoms with Crippen LogP contribution in [0.3, 0.4) is 0 Å². The molecule has 0 aliphatic carbocycles. The molecule has 0 spiro atoms. The van der Waals surface area contributed by atoms with Gasteiger partial charge in [0, 0.05) is 31.4 Å². The van der Waals surface area contributed by atoms with Gasteiger partial charge in [0.15, 0.2) is 5.82 Å². The van der Waals surface area contributed by atoms with Crippen molar-refractivity contribution in [2.45, 2.75) is 45.3 Å². The predicted molar refractivity (Wildman–Crippen MR) is 117 cm³/mol. The van der Waals surface area contributed by atoms with Crippen LogP contribution in [-0.4, -0.2) is 62.4 Å². The van der Waals surface area contributed by atoms with Crippen molar-refractivity contribution in [3.63, 3.8) is 0 Å². The molecule has 0 saturated carbocycles. The van der Waals surface area contributed by atoms with Crippen LogP contribution in [0.5, 0.6) is 5.88 Å². The molecule has 9 nitrogen and oxygen atoms in total. The number of piperidine rings is 1. The van der Waals surface area contributed by atoms with E-state index in [0.717, 1.165) is 23.9 Å². The number of rotatable bonds is 4. The zero-order chi connectivity index (χ0) is 22.0. The Kier molecular flexibility index (Phi) is 5.67. The van der Waals surface area contributed by atoms with Gasteiger partial charge in [-0.2, -0.15) is 10.1 Å². The van der Waals surface area contributed by atoms with E-state index in [2.05, 4.69) is 15.4 Å². The van der Waals surface area contributed by atoms with Gasteiger partial charge < -0.3 is 19.7 Å². The minimum absolute atomic E-state index is 0.0534. The second kappa shape index (κ2) is 8.41. The standard InChI is InChI=1S/C22H28N6O3/c1-22(2,3)31-21(29)27-10-7-8-15(14-27)24-18-12-19(30-4)26-20(25-18)16-13-23-28-11-6-5-9-17(16)28/h5-6,9,11-13,15H,7-8,10,14H2,1-4H3,(H,24,25,26)/t15-/m1/s1. The Hall–Kier alpha value is -3.36. The number of nitrogens with zero attached hydrogens (tertiary/aromatic N) is 5. The molecule has 1 aliphatic heterocycles. The Balaban J connectivity index is 1.54. The molecule has 0 aromatic carbocycles. The van der Waals surface area contributed by atoms with Crippen molar-refractivity contribution in [3.8, 4) is 17.3 Å². The molecule has 4 heterocycles. The van der Waals surface area contributed by atoms with E-state index in [1.54, 1.807) is 28.8 Å². The van der Waals surface area contributed by atoms with Crippen LogP contribution in [0, 0.1) is 0 Å². The van der Waals surface area contributed by atoms with E-state index in [9.17, 15) is 4.79 Å². The number of nitrogens with one attached hydrogen (secondary N) is 1. The first kappa shape index (κ1) is 20.9. The van der Waals surface area contributed by atoms with Gasteiger partial charge in [0.25, 0.3) is 0 Å². The average molecular weight is 425 g/mol. The van der Waals surface area contributed by atoms with Crippen LogP contribution in [-0.2, 0) is 4.74 Å². The summed E-state index contributed by atoms with van der Waals surface area (Å²) in [6, 6.07) is 7.66. The van der Waals surface area contributed by atoms with Gasteiger partial charge in [-0.3, -0.25) is 0 Å². The van der Waals surface area contributed by atoms with Crippen LogP contribution >= 0.6 is 0 Å². The molecule has 1 fully saturated rings. The number of fused-ring (bicyclic) bond motifs is 1. The number of likely N-dealkylation sites (tertiary alicyclic amines) is 1. The number of anilines is 1. The molecule has 31 heavy (non-hydrogen) atoms. The summed E-state index contributed by atoms with van der Waals surface area (Å²) in [7, 11) is 1.58. The highest BCUT2D eigenvalue weighted by Crippen LogP contribution is 2.26. The number of pyridine rings is 1. The maximum absolute atomic E-state index is 12.5. The maximum atomic E-state index is 12.5. The normalized spacial score (nSPS) is 16.9. The third kappa shape index (κ3) is 4.87. The number of aromatic nitrogens is 4. The molecule has 1 aliphatic rings. The molecular weight excluding hydrogens is 396 g/mol. The van der Waals surface area contributed by atoms with Crippen LogP contribution in [0.2, 0.25) is 0 Å². The maximum Gasteiger partial charge on any atom is 0.410 e. The molecule has 0 bridgehead atoms. The number of ether oxygens (including phenoxy) is 2. The lowest BCUT2D eigenvalue weighted by Crippen LogP contribution is -2.47. The molecule has 1 atom stereocenters. The third-order valence-corrected chi connectivity index (χ3v) is 5.00. The van der Waals surface area contributed by atoms with E-state index >= 15 is 0 Å². The molecule has 0 radical (unpaired) electrons. The molecule has 0 unspecified atom stereocenters. The van der Waals surface area contributed by atoms with Crippen LogP contribution < -0.4 is 10.1 Å². The van der Waals surface area contributed by atoms with Crippen molar-refractivity contribution < 1.29 is 14.3 Å². The fourth-order valence-electron chi connectivity index (χ4n) is 3.63. The van der Waals surface area contributed by atoms with Gasteiger partial charge >= 0.3 is 6.09 Å². The van der Waals surface area contributed by atoms with E-state index < -0.39 is 5.60 Å². The van der Waals surface area contributed by atoms with Crippen molar-refractivity contribution in [2.75, 3.05) is 25.5 Å². The van der Waals surface area contributed by atoms with Gasteiger partial charge in [-0.15, -0.1) is 0 Å². The largest absolute Gasteiger partial charge is 0.481 e. The first-order valence-corrected chi connectivity index (χ1v) is 10.4. The van der Waals surface area contributed by atoms with Crippen LogP contribution in [0.1, 0.15) is 33.6 Å². The monoisotopic (exact) mass is 424 g/mol. The average Bonchev–Trinajstić information content (AvgIpc) is 3.17. The number of carbonyl (C=O) groups excluding carboxylic acids is 1. The SMILES string of the molecule is COc1cc(N[C@@H]2CCCN(C(=O)OC(C)(C)C)C2)nc(-c2cnn3ccccc23)n1. The van der Waals surface area contributed by atoms with Gasteiger partial charge in [-0.05, 0) is 45.7 Å². The number of hydrogen-bond acceptors (Lipinski definition) is 7. The van der Waals surface area contributed by atoms with Gasteiger partial charge in [0.1, 0.15) is 11.4 Å². The zero-order valence-electron chi connectivity index (χ0n) is 18.3. The number of methoxy groups -OCH3 is 1. The summed E-state index contributed by atoms with van der Waals surface area (Å²) in [6.07, 6.45) is 5.16. The van der Waals surface area contributed by atoms with Gasteiger partial charge in [0.2, 0.25) is 5.88 Å². The second-order valence-electron chi connectivity index (χ2n) is 8.62. The smallest absolute Gasteiger partial charge is 0.410 e. The van der Waals surface area contributed by atoms with Crippen LogP contribution in [0.25, 0.3) is 16.9 Å². The summed E-state index contributed by atoms with van der Waals surface area (Å²) in [5.41, 5.74) is 1.22. The summed E-state index contributed by atoms with van der Waals surface area (Å²) in [6.45, 7) is 6.86. The Bertz CT molecular complexity index is 1070. The first-order chi connectivity index (χ1) is 14.8. The molecule has 1 N–H and O–H groups in total. The molecule has 4 rings (SSSR count). The van der Waals surface area contributed by atoms with Crippen molar-refractivity contribution in [2.24, 2.45) is 0 Å². The Morgan fingerprint density at radius 3 is 2.87 bits per heavy atom. The fourth-order valence-corrected chi connectivity index (χ4v) is 3.63. The lowest BCUT2D eigenvalue weighted by atomic mass is 10.1. The second-order valence-corrected chi connectivity index (χ2v) is 8.62. The number of carbonyl (C=O) groups is 1. The lowest BCUT2D eigenvalue weighted by Gasteiger charge is -2.34. The van der Waals surface area contributed by atoms with Gasteiger partial charge in [-0.25, -0.2) is 14.3 Å². The first-order valence-electron chi connectivity index (χ1n) is 10.4. The molecule has 1 saturated heterocycles. The summed E-state index contributed by atoms with van der Waals surface area (Å²) in [4.78, 5) is 23.4. The van der Waals surface area contributed by atoms with Gasteiger partial charge in [0.05, 0.1) is 24.4 Å². The molecule has 3 aromatic heterocycles. The van der Waals surface area contributed by atoms with Crippen molar-refractivity contribution >= 4 is 17.4 Å². The van der Waals surface area contributed by atoms with Crippen LogP contribution in [0.15, 0.2) is 36.7 Å². The highest BCUT2D eigenvalue weighted by molar-refractivity contribution is 5.76. The van der Waals surface area contributed by atoms with E-state index in [1.165, 1.54) is 0 Å². The van der Waals surface area contributed by atoms with E-state index in [4.69, 9.17) is 14.5 Å². The van der Waals surface area contributed by atoms with Crippen molar-refractivity contribution in [1.29, 1.82) is 0 Å². The highest BCUT2D eigenvalue weighted by Gasteiger charge is 2.28. The molecule has 1 amide bonds. The van der Waals surface area contributed by atoms with Crippen LogP contribution in [0.4, 0.5) is 10.6 Å². The topological polar surface area (TPSA) is 93.9 Å². The fraction of sp³-hybridized carbons (Fsp3) is 0.455. The molecular formula is C22H28N6O3. The summed E-state index contributed by atoms with van der Waals surface area (Å²) < 4.78 is 12.7. The molecule has 164 valence electrons. The summed E-state index contributed by atoms with van der Waals surface area (Å²) in [5, 5.41) is 7.82. The summed E-state index contributed by atoms with van der Waals surface area (Å²) >= 11 is 0. The third-order valence-electron chi connectivity index (χ3n) is 5.00. The Labute approximate surface area is 181 Å². The van der Waals surface area contributed by atoms with E-state index in [1.807, 2.05) is 45.2 Å². The lowest BCUT2D eigenvalue weighted by molar-refractivity contribution is 0.0206. The number of amides is 1. The minimum Gasteiger partial charge on any atom is -0.481 e. The minimum atomic E-state index is -0.513. The number of hydrogen-bond donors (Lipinski definition) is 1. The highest BCUT2D eigenvalue weighted by atomic mass is 16.6. The Morgan fingerprint density at radius 1 is 1.26 bits per heavy atom. The molecule has 9 heteroatoms.